The Kier molecular flexibility index (Phi) is 4.27. The molecular weight excluding hydrogens is 313 g/mol. The Hall–Kier alpha value is -1.07. The molecule has 0 spiro atoms. The van der Waals surface area contributed by atoms with Gasteiger partial charge in [-0.2, -0.15) is 0 Å². The highest BCUT2D eigenvalue weighted by Crippen LogP contribution is 2.21. The van der Waals surface area contributed by atoms with Crippen molar-refractivity contribution >= 4 is 39.5 Å². The monoisotopic (exact) mass is 325 g/mol. The number of thiazole rings is 1. The molecule has 0 bridgehead atoms. The van der Waals surface area contributed by atoms with Crippen LogP contribution >= 0.6 is 34.5 Å². The van der Waals surface area contributed by atoms with E-state index < -0.39 is 0 Å². The van der Waals surface area contributed by atoms with E-state index in [2.05, 4.69) is 10.3 Å². The lowest BCUT2D eigenvalue weighted by atomic mass is 10.1. The molecule has 1 aromatic carbocycles. The lowest BCUT2D eigenvalue weighted by Gasteiger charge is -2.05. The first kappa shape index (κ1) is 13.9. The molecular formula is C14H13Cl2N3S. The molecule has 0 fully saturated rings. The highest BCUT2D eigenvalue weighted by Gasteiger charge is 2.03. The fraction of sp³-hybridized carbons (Fsp3) is 0.214. The molecule has 0 saturated carbocycles. The van der Waals surface area contributed by atoms with Gasteiger partial charge in [-0.1, -0.05) is 29.3 Å². The number of halogens is 2. The van der Waals surface area contributed by atoms with Crippen LogP contribution in [-0.2, 0) is 13.0 Å². The Morgan fingerprint density at radius 2 is 2.20 bits per heavy atom. The summed E-state index contributed by atoms with van der Waals surface area (Å²) in [4.78, 5) is 5.55. The van der Waals surface area contributed by atoms with Gasteiger partial charge in [0.15, 0.2) is 4.96 Å². The summed E-state index contributed by atoms with van der Waals surface area (Å²) in [5.74, 6) is 0. The molecule has 0 aliphatic carbocycles. The van der Waals surface area contributed by atoms with E-state index in [1.54, 1.807) is 17.4 Å². The third-order valence-electron chi connectivity index (χ3n) is 3.04. The van der Waals surface area contributed by atoms with Crippen molar-refractivity contribution in [1.29, 1.82) is 0 Å². The molecule has 0 atom stereocenters. The fourth-order valence-corrected chi connectivity index (χ4v) is 3.25. The molecule has 3 nitrogen and oxygen atoms in total. The summed E-state index contributed by atoms with van der Waals surface area (Å²) < 4.78 is 2.04. The number of imidazole rings is 1. The zero-order chi connectivity index (χ0) is 13.9. The van der Waals surface area contributed by atoms with Gasteiger partial charge in [0.1, 0.15) is 0 Å². The minimum atomic E-state index is 0.671. The zero-order valence-corrected chi connectivity index (χ0v) is 13.0. The van der Waals surface area contributed by atoms with E-state index in [0.717, 1.165) is 40.8 Å². The second-order valence-corrected chi connectivity index (χ2v) is 6.20. The number of fused-ring (bicyclic) bond motifs is 1. The molecule has 1 N–H and O–H groups in total. The highest BCUT2D eigenvalue weighted by atomic mass is 35.5. The molecule has 20 heavy (non-hydrogen) atoms. The van der Waals surface area contributed by atoms with Crippen molar-refractivity contribution in [3.05, 3.63) is 57.3 Å². The van der Waals surface area contributed by atoms with Crippen molar-refractivity contribution in [3.63, 3.8) is 0 Å². The van der Waals surface area contributed by atoms with E-state index in [1.807, 2.05) is 34.3 Å². The van der Waals surface area contributed by atoms with Crippen molar-refractivity contribution < 1.29 is 0 Å². The summed E-state index contributed by atoms with van der Waals surface area (Å²) in [5, 5.41) is 6.80. The maximum Gasteiger partial charge on any atom is 0.193 e. The number of benzene rings is 1. The Morgan fingerprint density at radius 3 is 3.00 bits per heavy atom. The van der Waals surface area contributed by atoms with E-state index in [-0.39, 0.29) is 0 Å². The van der Waals surface area contributed by atoms with E-state index in [1.165, 1.54) is 0 Å². The van der Waals surface area contributed by atoms with Crippen molar-refractivity contribution in [2.45, 2.75) is 13.0 Å². The van der Waals surface area contributed by atoms with Crippen LogP contribution in [0.25, 0.3) is 4.96 Å². The van der Waals surface area contributed by atoms with Crippen LogP contribution in [0.1, 0.15) is 11.3 Å². The van der Waals surface area contributed by atoms with Crippen molar-refractivity contribution in [3.8, 4) is 0 Å². The molecule has 104 valence electrons. The van der Waals surface area contributed by atoms with Gasteiger partial charge in [0.2, 0.25) is 0 Å². The lowest BCUT2D eigenvalue weighted by Crippen LogP contribution is -2.17. The molecule has 0 amide bonds. The van der Waals surface area contributed by atoms with Gasteiger partial charge in [0, 0.05) is 34.4 Å². The van der Waals surface area contributed by atoms with Gasteiger partial charge in [-0.25, -0.2) is 4.98 Å². The van der Waals surface area contributed by atoms with Gasteiger partial charge in [0.25, 0.3) is 0 Å². The molecule has 0 unspecified atom stereocenters. The summed E-state index contributed by atoms with van der Waals surface area (Å²) in [5.41, 5.74) is 2.16. The molecule has 2 heterocycles. The van der Waals surface area contributed by atoms with E-state index >= 15 is 0 Å². The van der Waals surface area contributed by atoms with Gasteiger partial charge in [-0.15, -0.1) is 11.3 Å². The van der Waals surface area contributed by atoms with Crippen molar-refractivity contribution in [2.24, 2.45) is 0 Å². The minimum absolute atomic E-state index is 0.671. The summed E-state index contributed by atoms with van der Waals surface area (Å²) >= 11 is 13.7. The molecule has 0 aliphatic heterocycles. The number of nitrogens with one attached hydrogen (secondary N) is 1. The molecule has 0 saturated heterocycles. The first-order chi connectivity index (χ1) is 9.72. The molecule has 3 rings (SSSR count). The Morgan fingerprint density at radius 1 is 1.30 bits per heavy atom. The Bertz CT molecular complexity index is 692. The van der Waals surface area contributed by atoms with Crippen LogP contribution in [0.15, 0.2) is 36.0 Å². The number of hydrogen-bond acceptors (Lipinski definition) is 3. The van der Waals surface area contributed by atoms with Gasteiger partial charge < -0.3 is 5.32 Å². The minimum Gasteiger partial charge on any atom is -0.311 e. The van der Waals surface area contributed by atoms with Crippen molar-refractivity contribution in [1.82, 2.24) is 14.7 Å². The normalized spacial score (nSPS) is 11.3. The maximum absolute atomic E-state index is 6.14. The number of aromatic nitrogens is 2. The van der Waals surface area contributed by atoms with Crippen LogP contribution < -0.4 is 5.32 Å². The van der Waals surface area contributed by atoms with Gasteiger partial charge in [-0.05, 0) is 30.7 Å². The molecule has 0 radical (unpaired) electrons. The SMILES string of the molecule is Clc1ccc(CCNCc2cn3ccsc3n2)c(Cl)c1. The standard InChI is InChI=1S/C14H13Cl2N3S/c15-11-2-1-10(13(16)7-11)3-4-17-8-12-9-19-5-6-20-14(19)18-12/h1-2,5-7,9,17H,3-4,8H2. The summed E-state index contributed by atoms with van der Waals surface area (Å²) in [6.45, 7) is 1.62. The predicted molar refractivity (Wildman–Crippen MR) is 84.9 cm³/mol. The van der Waals surface area contributed by atoms with Crippen LogP contribution in [0, 0.1) is 0 Å². The average molecular weight is 326 g/mol. The Balaban J connectivity index is 1.51. The van der Waals surface area contributed by atoms with Gasteiger partial charge in [-0.3, -0.25) is 4.40 Å². The second-order valence-electron chi connectivity index (χ2n) is 4.49. The predicted octanol–water partition coefficient (Wildman–Crippen LogP) is 4.03. The first-order valence-corrected chi connectivity index (χ1v) is 7.91. The zero-order valence-electron chi connectivity index (χ0n) is 10.6. The second kappa shape index (κ2) is 6.14. The quantitative estimate of drug-likeness (QED) is 0.717. The molecule has 6 heteroatoms. The number of nitrogens with zero attached hydrogens (tertiary/aromatic N) is 2. The van der Waals surface area contributed by atoms with Gasteiger partial charge in [0.05, 0.1) is 5.69 Å². The van der Waals surface area contributed by atoms with Crippen LogP contribution in [0.3, 0.4) is 0 Å². The lowest BCUT2D eigenvalue weighted by molar-refractivity contribution is 0.677. The van der Waals surface area contributed by atoms with Gasteiger partial charge >= 0.3 is 0 Å². The van der Waals surface area contributed by atoms with Crippen LogP contribution in [0.2, 0.25) is 10.0 Å². The highest BCUT2D eigenvalue weighted by molar-refractivity contribution is 7.15. The number of rotatable bonds is 5. The van der Waals surface area contributed by atoms with Crippen LogP contribution in [-0.4, -0.2) is 15.9 Å². The largest absolute Gasteiger partial charge is 0.311 e. The third kappa shape index (κ3) is 3.15. The summed E-state index contributed by atoms with van der Waals surface area (Å²) in [7, 11) is 0. The average Bonchev–Trinajstić information content (AvgIpc) is 2.97. The smallest absolute Gasteiger partial charge is 0.193 e. The third-order valence-corrected chi connectivity index (χ3v) is 4.39. The maximum atomic E-state index is 6.14. The van der Waals surface area contributed by atoms with Crippen LogP contribution in [0.5, 0.6) is 0 Å². The number of hydrogen-bond donors (Lipinski definition) is 1. The van der Waals surface area contributed by atoms with Crippen LogP contribution in [0.4, 0.5) is 0 Å². The summed E-state index contributed by atoms with van der Waals surface area (Å²) in [6, 6.07) is 5.62. The molecule has 2 aromatic heterocycles. The Labute approximate surface area is 131 Å². The topological polar surface area (TPSA) is 29.3 Å². The molecule has 0 aliphatic rings. The van der Waals surface area contributed by atoms with E-state index in [4.69, 9.17) is 23.2 Å². The van der Waals surface area contributed by atoms with E-state index in [9.17, 15) is 0 Å². The summed E-state index contributed by atoms with van der Waals surface area (Å²) in [6.07, 6.45) is 4.94. The fourth-order valence-electron chi connectivity index (χ4n) is 2.03. The van der Waals surface area contributed by atoms with E-state index in [0.29, 0.717) is 5.02 Å². The first-order valence-electron chi connectivity index (χ1n) is 6.28. The van der Waals surface area contributed by atoms with Crippen molar-refractivity contribution in [2.75, 3.05) is 6.54 Å². The molecule has 3 aromatic rings.